The first-order valence-corrected chi connectivity index (χ1v) is 22.8. The highest BCUT2D eigenvalue weighted by Gasteiger charge is 2.81. The Labute approximate surface area is 383 Å². The minimum atomic E-state index is -0.784. The Balaban J connectivity index is 0.000000133. The molecule has 0 radical (unpaired) electrons. The van der Waals surface area contributed by atoms with E-state index in [-0.39, 0.29) is 68.1 Å². The minimum Gasteiger partial charge on any atom is -0.364 e. The van der Waals surface area contributed by atoms with Crippen LogP contribution in [0.15, 0.2) is 118 Å². The Bertz CT molecular complexity index is 2780. The number of rotatable bonds is 0. The molecule has 8 atom stereocenters. The highest BCUT2D eigenvalue weighted by Crippen LogP contribution is 2.74. The summed E-state index contributed by atoms with van der Waals surface area (Å²) < 4.78 is 6.19. The molecule has 0 amide bonds. The summed E-state index contributed by atoms with van der Waals surface area (Å²) in [7, 11) is 0. The third-order valence-corrected chi connectivity index (χ3v) is 17.5. The van der Waals surface area contributed by atoms with Gasteiger partial charge in [0.1, 0.15) is 11.4 Å². The maximum absolute atomic E-state index is 12.7. The van der Waals surface area contributed by atoms with Gasteiger partial charge in [0.15, 0.2) is 28.9 Å². The Morgan fingerprint density at radius 3 is 1.63 bits per heavy atom. The number of ketones is 6. The van der Waals surface area contributed by atoms with Crippen LogP contribution in [0.5, 0.6) is 0 Å². The van der Waals surface area contributed by atoms with Crippen molar-refractivity contribution < 1.29 is 33.5 Å². The molecular formula is C56H60N2O7. The third kappa shape index (κ3) is 6.10. The average molecular weight is 873 g/mol. The lowest BCUT2D eigenvalue weighted by Crippen LogP contribution is -2.60. The van der Waals surface area contributed by atoms with Gasteiger partial charge in [0.25, 0.3) is 0 Å². The Kier molecular flexibility index (Phi) is 9.85. The molecule has 0 aromatic rings. The maximum atomic E-state index is 12.7. The van der Waals surface area contributed by atoms with Crippen LogP contribution >= 0.6 is 0 Å². The van der Waals surface area contributed by atoms with Crippen molar-refractivity contribution in [3.05, 3.63) is 141 Å². The molecule has 3 fully saturated rings. The Hall–Kier alpha value is -5.64. The molecule has 9 nitrogen and oxygen atoms in total. The zero-order valence-corrected chi connectivity index (χ0v) is 39.9. The van der Waals surface area contributed by atoms with Crippen LogP contribution in [0.3, 0.4) is 0 Å². The van der Waals surface area contributed by atoms with E-state index in [4.69, 9.17) is 17.9 Å². The molecule has 0 unspecified atom stereocenters. The number of epoxide rings is 1. The maximum Gasteiger partial charge on any atom is 0.227 e. The first kappa shape index (κ1) is 45.9. The van der Waals surface area contributed by atoms with Crippen molar-refractivity contribution in [2.75, 3.05) is 0 Å². The second kappa shape index (κ2) is 13.9. The lowest BCUT2D eigenvalue weighted by atomic mass is 9.46. The van der Waals surface area contributed by atoms with Crippen molar-refractivity contribution in [2.45, 2.75) is 127 Å². The largest absolute Gasteiger partial charge is 0.364 e. The molecule has 336 valence electrons. The molecule has 0 bridgehead atoms. The first-order valence-electron chi connectivity index (χ1n) is 22.8. The monoisotopic (exact) mass is 872 g/mol. The highest BCUT2D eigenvalue weighted by molar-refractivity contribution is 6.07. The second-order valence-corrected chi connectivity index (χ2v) is 22.8. The fourth-order valence-electron chi connectivity index (χ4n) is 14.0. The summed E-state index contributed by atoms with van der Waals surface area (Å²) in [6, 6.07) is 0. The highest BCUT2D eigenvalue weighted by atomic mass is 16.6. The van der Waals surface area contributed by atoms with Gasteiger partial charge in [0.2, 0.25) is 11.4 Å². The van der Waals surface area contributed by atoms with Gasteiger partial charge in [-0.1, -0.05) is 110 Å². The number of allylic oxidation sites excluding steroid dienone is 18. The van der Waals surface area contributed by atoms with E-state index in [1.807, 2.05) is 79.7 Å². The summed E-state index contributed by atoms with van der Waals surface area (Å²) in [5.41, 5.74) is 1.28. The van der Waals surface area contributed by atoms with Gasteiger partial charge in [-0.2, -0.15) is 0 Å². The molecule has 0 aromatic carbocycles. The van der Waals surface area contributed by atoms with Crippen molar-refractivity contribution in [2.24, 2.45) is 48.7 Å². The summed E-state index contributed by atoms with van der Waals surface area (Å²) in [5.74, 6) is 0.0445. The van der Waals surface area contributed by atoms with Gasteiger partial charge in [0, 0.05) is 49.7 Å². The third-order valence-electron chi connectivity index (χ3n) is 17.5. The second-order valence-electron chi connectivity index (χ2n) is 22.8. The number of carbonyl (C=O) groups is 6. The van der Waals surface area contributed by atoms with E-state index in [2.05, 4.69) is 49.5 Å². The zero-order valence-electron chi connectivity index (χ0n) is 39.9. The molecule has 65 heavy (non-hydrogen) atoms. The molecule has 9 heteroatoms. The van der Waals surface area contributed by atoms with Gasteiger partial charge in [-0.15, -0.1) is 0 Å². The van der Waals surface area contributed by atoms with Crippen LogP contribution in [0.2, 0.25) is 0 Å². The fraction of sp³-hybridized carbons (Fsp3) is 0.500. The summed E-state index contributed by atoms with van der Waals surface area (Å²) >= 11 is 0. The molecule has 9 aliphatic carbocycles. The van der Waals surface area contributed by atoms with Crippen LogP contribution in [0.25, 0.3) is 9.69 Å². The SMILES string of the molecule is CC1(C)C(=O)CC[C@@]2(C)C1=CC[C@@]1(C)C=CC(=O)C=C21.[C-]#[N+]C1=C[C@@]2(C)C(=CC[C@@]3(C)C=CC(=O)C=C23)C(C)(C)C1=O.[C-]#[N+]C1=C[C@]2(C)C3=CC(=O)C=C[C@]3(C)C[C@@H]3O[C@@]32C(C)(C)C1=O. The molecule has 0 N–H and O–H groups in total. The lowest BCUT2D eigenvalue weighted by Gasteiger charge is -2.54. The predicted octanol–water partition coefficient (Wildman–Crippen LogP) is 10.6. The molecule has 10 rings (SSSR count). The fourth-order valence-corrected chi connectivity index (χ4v) is 14.0. The quantitative estimate of drug-likeness (QED) is 0.135. The Morgan fingerprint density at radius 1 is 0.569 bits per heavy atom. The van der Waals surface area contributed by atoms with Crippen molar-refractivity contribution in [1.29, 1.82) is 0 Å². The van der Waals surface area contributed by atoms with Crippen LogP contribution in [0, 0.1) is 61.9 Å². The van der Waals surface area contributed by atoms with Crippen LogP contribution < -0.4 is 0 Å². The van der Waals surface area contributed by atoms with Crippen molar-refractivity contribution in [3.8, 4) is 0 Å². The number of fused-ring (bicyclic) bond motifs is 8. The molecule has 1 spiro atoms. The van der Waals surface area contributed by atoms with Crippen LogP contribution in [0.4, 0.5) is 0 Å². The molecular weight excluding hydrogens is 813 g/mol. The van der Waals surface area contributed by atoms with E-state index < -0.39 is 32.7 Å². The van der Waals surface area contributed by atoms with Crippen LogP contribution in [0.1, 0.15) is 115 Å². The van der Waals surface area contributed by atoms with Gasteiger partial charge < -0.3 is 14.3 Å². The van der Waals surface area contributed by atoms with Crippen molar-refractivity contribution >= 4 is 34.7 Å². The summed E-state index contributed by atoms with van der Waals surface area (Å²) in [4.78, 5) is 80.3. The smallest absolute Gasteiger partial charge is 0.227 e. The number of Topliss-reactive ketones (excluding diaryl/α,β-unsaturated/α-hetero) is 3. The van der Waals surface area contributed by atoms with Crippen molar-refractivity contribution in [3.63, 3.8) is 0 Å². The van der Waals surface area contributed by atoms with Gasteiger partial charge in [0.05, 0.1) is 24.7 Å². The number of hydrogen-bond donors (Lipinski definition) is 0. The molecule has 0 aromatic heterocycles. The van der Waals surface area contributed by atoms with E-state index in [1.54, 1.807) is 42.5 Å². The molecule has 1 aliphatic heterocycles. The summed E-state index contributed by atoms with van der Waals surface area (Å²) in [6.45, 7) is 38.9. The minimum absolute atomic E-state index is 0.0255. The van der Waals surface area contributed by atoms with Crippen molar-refractivity contribution in [1.82, 2.24) is 0 Å². The Morgan fingerprint density at radius 2 is 1.06 bits per heavy atom. The van der Waals surface area contributed by atoms with Gasteiger partial charge in [-0.25, -0.2) is 9.69 Å². The van der Waals surface area contributed by atoms with E-state index in [9.17, 15) is 28.8 Å². The standard InChI is InChI=1S/C19H19NO3.C19H19NO2.C18H22O2/c1-16(2)15(22)12(20-5)9-18(4)13-8-11(21)6-7-17(13,3)10-14-19(16,18)23-14;1-17(2)14-7-9-18(3)8-6-12(21)10-15(18)19(14,4)11-13(20-5)16(17)22;1-16(2)13-6-9-17(3)8-5-12(19)11-14(17)18(13,4)10-7-15(16)20/h6-9,14H,10H2,1-4H3;6-8,10-11H,9H2,1-4H3;5-6,8,11H,7,9-10H2,1-4H3/t14-,17+,18+,19+;18-,19+;17-,18+/m011/s1. The number of ether oxygens (including phenoxy) is 1. The number of nitrogens with zero attached hydrogens (tertiary/aromatic N) is 2. The van der Waals surface area contributed by atoms with Crippen LogP contribution in [-0.2, 0) is 33.5 Å². The van der Waals surface area contributed by atoms with E-state index in [1.165, 1.54) is 11.1 Å². The van der Waals surface area contributed by atoms with Gasteiger partial charge in [-0.3, -0.25) is 19.2 Å². The molecule has 1 heterocycles. The topological polar surface area (TPSA) is 124 Å². The normalized spacial score (nSPS) is 40.3. The first-order chi connectivity index (χ1) is 30.0. The van der Waals surface area contributed by atoms with Crippen LogP contribution in [-0.4, -0.2) is 46.4 Å². The zero-order chi connectivity index (χ0) is 47.9. The molecule has 2 saturated carbocycles. The number of hydrogen-bond acceptors (Lipinski definition) is 7. The lowest BCUT2D eigenvalue weighted by molar-refractivity contribution is -0.131. The molecule has 1 saturated heterocycles. The predicted molar refractivity (Wildman–Crippen MR) is 248 cm³/mol. The van der Waals surface area contributed by atoms with Gasteiger partial charge >= 0.3 is 0 Å². The summed E-state index contributed by atoms with van der Waals surface area (Å²) in [5, 5.41) is 0. The molecule has 10 aliphatic rings. The number of carbonyl (C=O) groups excluding carboxylic acids is 6. The summed E-state index contributed by atoms with van der Waals surface area (Å²) in [6.07, 6.45) is 27.8. The van der Waals surface area contributed by atoms with E-state index in [0.29, 0.717) is 12.2 Å². The van der Waals surface area contributed by atoms with E-state index >= 15 is 0 Å². The average Bonchev–Trinajstić information content (AvgIpc) is 3.98. The van der Waals surface area contributed by atoms with E-state index in [0.717, 1.165) is 42.4 Å². The van der Waals surface area contributed by atoms with Gasteiger partial charge in [-0.05, 0) is 105 Å².